The van der Waals surface area contributed by atoms with Crippen molar-refractivity contribution >= 4 is 23.3 Å². The molecule has 1 unspecified atom stereocenters. The van der Waals surface area contributed by atoms with E-state index in [1.165, 1.54) is 0 Å². The van der Waals surface area contributed by atoms with Crippen molar-refractivity contribution < 1.29 is 14.7 Å². The number of hydrogen-bond acceptors (Lipinski definition) is 3. The summed E-state index contributed by atoms with van der Waals surface area (Å²) in [6, 6.07) is 3.44. The first kappa shape index (κ1) is 12.5. The molecule has 0 bridgehead atoms. The maximum atomic E-state index is 11.3. The second-order valence-electron chi connectivity index (χ2n) is 3.28. The van der Waals surface area contributed by atoms with Crippen LogP contribution in [0.1, 0.15) is 24.3 Å². The molecule has 1 aromatic heterocycles. The number of nitrogens with one attached hydrogen (secondary N) is 2. The predicted molar refractivity (Wildman–Crippen MR) is 61.5 cm³/mol. The molecular weight excluding hydrogens is 228 g/mol. The number of hydrogen-bond donors (Lipinski definition) is 3. The van der Waals surface area contributed by atoms with Crippen molar-refractivity contribution in [1.82, 2.24) is 10.6 Å². The van der Waals surface area contributed by atoms with E-state index >= 15 is 0 Å². The zero-order chi connectivity index (χ0) is 12.0. The van der Waals surface area contributed by atoms with Gasteiger partial charge in [-0.25, -0.2) is 4.79 Å². The molecule has 3 N–H and O–H groups in total. The van der Waals surface area contributed by atoms with Gasteiger partial charge in [0.15, 0.2) is 0 Å². The number of urea groups is 1. The highest BCUT2D eigenvalue weighted by Crippen LogP contribution is 2.17. The number of aliphatic carboxylic acids is 1. The van der Waals surface area contributed by atoms with Crippen LogP contribution in [0.5, 0.6) is 0 Å². The molecule has 1 heterocycles. The molecule has 0 fully saturated rings. The molecule has 0 aromatic carbocycles. The van der Waals surface area contributed by atoms with Crippen molar-refractivity contribution in [3.63, 3.8) is 0 Å². The van der Waals surface area contributed by atoms with Crippen molar-refractivity contribution in [2.24, 2.45) is 0 Å². The number of carbonyl (C=O) groups is 2. The van der Waals surface area contributed by atoms with Gasteiger partial charge in [0.1, 0.15) is 0 Å². The molecule has 0 spiro atoms. The number of carboxylic acids is 1. The van der Waals surface area contributed by atoms with Crippen molar-refractivity contribution in [3.8, 4) is 0 Å². The van der Waals surface area contributed by atoms with Crippen LogP contribution in [0, 0.1) is 0 Å². The van der Waals surface area contributed by atoms with E-state index < -0.39 is 5.97 Å². The number of thiophene rings is 1. The fourth-order valence-electron chi connectivity index (χ4n) is 1.14. The summed E-state index contributed by atoms with van der Waals surface area (Å²) in [5.41, 5.74) is 0. The minimum atomic E-state index is -0.924. The lowest BCUT2D eigenvalue weighted by molar-refractivity contribution is -0.136. The molecule has 88 valence electrons. The second kappa shape index (κ2) is 6.12. The minimum Gasteiger partial charge on any atom is -0.481 e. The van der Waals surface area contributed by atoms with Crippen LogP contribution in [0.25, 0.3) is 0 Å². The van der Waals surface area contributed by atoms with Gasteiger partial charge in [0.05, 0.1) is 12.5 Å². The van der Waals surface area contributed by atoms with Crippen LogP contribution < -0.4 is 10.6 Å². The quantitative estimate of drug-likeness (QED) is 0.733. The first-order valence-corrected chi connectivity index (χ1v) is 5.77. The van der Waals surface area contributed by atoms with Gasteiger partial charge in [-0.05, 0) is 18.4 Å². The zero-order valence-electron chi connectivity index (χ0n) is 8.90. The Morgan fingerprint density at radius 2 is 2.31 bits per heavy atom. The third-order valence-electron chi connectivity index (χ3n) is 1.94. The molecule has 0 aliphatic carbocycles. The van der Waals surface area contributed by atoms with Gasteiger partial charge < -0.3 is 15.7 Å². The average molecular weight is 242 g/mol. The maximum absolute atomic E-state index is 11.3. The van der Waals surface area contributed by atoms with E-state index in [1.54, 1.807) is 11.3 Å². The van der Waals surface area contributed by atoms with E-state index in [2.05, 4.69) is 10.6 Å². The van der Waals surface area contributed by atoms with E-state index in [1.807, 2.05) is 24.4 Å². The lowest BCUT2D eigenvalue weighted by Crippen LogP contribution is -2.37. The lowest BCUT2D eigenvalue weighted by Gasteiger charge is -2.12. The third kappa shape index (κ3) is 4.31. The molecule has 0 saturated heterocycles. The summed E-state index contributed by atoms with van der Waals surface area (Å²) in [5.74, 6) is -0.924. The Balaban J connectivity index is 2.26. The standard InChI is InChI=1S/C10H14N2O3S/c1-7(8-3-2-6-16-8)12-10(15)11-5-4-9(13)14/h2-3,6-7H,4-5H2,1H3,(H,13,14)(H2,11,12,15). The summed E-state index contributed by atoms with van der Waals surface area (Å²) in [6.07, 6.45) is -0.0686. The zero-order valence-corrected chi connectivity index (χ0v) is 9.71. The SMILES string of the molecule is CC(NC(=O)NCCC(=O)O)c1cccs1. The van der Waals surface area contributed by atoms with Gasteiger partial charge in [0, 0.05) is 11.4 Å². The molecule has 5 nitrogen and oxygen atoms in total. The summed E-state index contributed by atoms with van der Waals surface area (Å²) in [7, 11) is 0. The summed E-state index contributed by atoms with van der Waals surface area (Å²) >= 11 is 1.57. The van der Waals surface area contributed by atoms with Crippen LogP contribution in [-0.4, -0.2) is 23.7 Å². The summed E-state index contributed by atoms with van der Waals surface area (Å²) in [4.78, 5) is 22.6. The topological polar surface area (TPSA) is 78.4 Å². The Bertz CT molecular complexity index is 351. The monoisotopic (exact) mass is 242 g/mol. The Labute approximate surface area is 97.5 Å². The lowest BCUT2D eigenvalue weighted by atomic mass is 10.3. The number of rotatable bonds is 5. The number of carboxylic acid groups (broad SMARTS) is 1. The van der Waals surface area contributed by atoms with Crippen LogP contribution in [0.15, 0.2) is 17.5 Å². The first-order valence-electron chi connectivity index (χ1n) is 4.89. The first-order chi connectivity index (χ1) is 7.59. The van der Waals surface area contributed by atoms with Crippen molar-refractivity contribution in [3.05, 3.63) is 22.4 Å². The van der Waals surface area contributed by atoms with Crippen LogP contribution in [0.2, 0.25) is 0 Å². The molecule has 1 atom stereocenters. The second-order valence-corrected chi connectivity index (χ2v) is 4.26. The van der Waals surface area contributed by atoms with Gasteiger partial charge >= 0.3 is 12.0 Å². The smallest absolute Gasteiger partial charge is 0.315 e. The Morgan fingerprint density at radius 3 is 2.88 bits per heavy atom. The van der Waals surface area contributed by atoms with E-state index in [4.69, 9.17) is 5.11 Å². The molecule has 0 aliphatic rings. The summed E-state index contributed by atoms with van der Waals surface area (Å²) in [6.45, 7) is 2.01. The van der Waals surface area contributed by atoms with Crippen LogP contribution in [-0.2, 0) is 4.79 Å². The van der Waals surface area contributed by atoms with E-state index in [0.29, 0.717) is 0 Å². The van der Waals surface area contributed by atoms with Crippen LogP contribution in [0.3, 0.4) is 0 Å². The van der Waals surface area contributed by atoms with Gasteiger partial charge in [-0.1, -0.05) is 6.07 Å². The molecule has 1 rings (SSSR count). The fraction of sp³-hybridized carbons (Fsp3) is 0.400. The summed E-state index contributed by atoms with van der Waals surface area (Å²) < 4.78 is 0. The third-order valence-corrected chi connectivity index (χ3v) is 3.00. The molecule has 6 heteroatoms. The molecule has 1 aromatic rings. The van der Waals surface area contributed by atoms with Gasteiger partial charge in [-0.15, -0.1) is 11.3 Å². The van der Waals surface area contributed by atoms with Gasteiger partial charge in [-0.2, -0.15) is 0 Å². The van der Waals surface area contributed by atoms with Crippen LogP contribution in [0.4, 0.5) is 4.79 Å². The highest BCUT2D eigenvalue weighted by Gasteiger charge is 2.09. The Hall–Kier alpha value is -1.56. The van der Waals surface area contributed by atoms with E-state index in [-0.39, 0.29) is 25.0 Å². The predicted octanol–water partition coefficient (Wildman–Crippen LogP) is 1.58. The molecule has 0 saturated carbocycles. The Kier molecular flexibility index (Phi) is 4.78. The van der Waals surface area contributed by atoms with Crippen molar-refractivity contribution in [1.29, 1.82) is 0 Å². The minimum absolute atomic E-state index is 0.0650. The Morgan fingerprint density at radius 1 is 1.56 bits per heavy atom. The number of carbonyl (C=O) groups excluding carboxylic acids is 1. The molecule has 0 aliphatic heterocycles. The van der Waals surface area contributed by atoms with Crippen molar-refractivity contribution in [2.45, 2.75) is 19.4 Å². The molecule has 0 radical (unpaired) electrons. The number of amides is 2. The van der Waals surface area contributed by atoms with E-state index in [0.717, 1.165) is 4.88 Å². The fourth-order valence-corrected chi connectivity index (χ4v) is 1.87. The highest BCUT2D eigenvalue weighted by atomic mass is 32.1. The molecule has 16 heavy (non-hydrogen) atoms. The summed E-state index contributed by atoms with van der Waals surface area (Å²) in [5, 5.41) is 15.5. The van der Waals surface area contributed by atoms with E-state index in [9.17, 15) is 9.59 Å². The average Bonchev–Trinajstić information content (AvgIpc) is 2.69. The van der Waals surface area contributed by atoms with Gasteiger partial charge in [-0.3, -0.25) is 4.79 Å². The highest BCUT2D eigenvalue weighted by molar-refractivity contribution is 7.10. The van der Waals surface area contributed by atoms with Crippen molar-refractivity contribution in [2.75, 3.05) is 6.54 Å². The normalized spacial score (nSPS) is 11.8. The largest absolute Gasteiger partial charge is 0.481 e. The molecular formula is C10H14N2O3S. The van der Waals surface area contributed by atoms with Gasteiger partial charge in [0.2, 0.25) is 0 Å². The molecule has 2 amide bonds. The maximum Gasteiger partial charge on any atom is 0.315 e. The van der Waals surface area contributed by atoms with Gasteiger partial charge in [0.25, 0.3) is 0 Å². The van der Waals surface area contributed by atoms with Crippen LogP contribution >= 0.6 is 11.3 Å².